The first-order chi connectivity index (χ1) is 17.9. The Morgan fingerprint density at radius 1 is 1.11 bits per heavy atom. The van der Waals surface area contributed by atoms with Crippen molar-refractivity contribution in [3.05, 3.63) is 94.3 Å². The lowest BCUT2D eigenvalue weighted by molar-refractivity contribution is -0.139. The standard InChI is InChI=1S/C28H25F4NO5/c1-27(13-18-7-3-4-9-22(18)29)14-20-11-19(12-23(37-2)25(20)38-27)26(36)33(16-24(34)35)15-17-6-5-8-21(10-17)28(30,31)32/h3-12H,13-16H2,1-2H3,(H,34,35)/t27-/m1/s1. The van der Waals surface area contributed by atoms with E-state index in [1.807, 2.05) is 6.92 Å². The fraction of sp³-hybridized carbons (Fsp3) is 0.286. The van der Waals surface area contributed by atoms with Crippen LogP contribution in [0.2, 0.25) is 0 Å². The van der Waals surface area contributed by atoms with Crippen molar-refractivity contribution < 1.29 is 41.7 Å². The number of nitrogens with zero attached hydrogens (tertiary/aromatic N) is 1. The summed E-state index contributed by atoms with van der Waals surface area (Å²) in [6.45, 7) is 0.733. The molecule has 3 aromatic rings. The second kappa shape index (κ2) is 10.4. The minimum atomic E-state index is -4.58. The Morgan fingerprint density at radius 3 is 2.50 bits per heavy atom. The topological polar surface area (TPSA) is 76.1 Å². The van der Waals surface area contributed by atoms with Crippen LogP contribution in [0.5, 0.6) is 11.5 Å². The number of halogens is 4. The van der Waals surface area contributed by atoms with Crippen LogP contribution in [0.1, 0.15) is 39.5 Å². The lowest BCUT2D eigenvalue weighted by Gasteiger charge is -2.24. The molecule has 4 rings (SSSR count). The fourth-order valence-electron chi connectivity index (χ4n) is 4.62. The summed E-state index contributed by atoms with van der Waals surface area (Å²) in [4.78, 5) is 25.9. The van der Waals surface area contributed by atoms with Crippen LogP contribution >= 0.6 is 0 Å². The van der Waals surface area contributed by atoms with Crippen LogP contribution in [0, 0.1) is 5.82 Å². The first kappa shape index (κ1) is 27.0. The van der Waals surface area contributed by atoms with Crippen LogP contribution in [-0.4, -0.2) is 41.1 Å². The molecule has 0 aromatic heterocycles. The summed E-state index contributed by atoms with van der Waals surface area (Å²) in [5.41, 5.74) is -0.440. The predicted octanol–water partition coefficient (Wildman–Crippen LogP) is 5.52. The highest BCUT2D eigenvalue weighted by Crippen LogP contribution is 2.44. The number of carbonyl (C=O) groups is 2. The number of hydrogen-bond acceptors (Lipinski definition) is 4. The molecule has 1 amide bonds. The second-order valence-electron chi connectivity index (χ2n) is 9.42. The van der Waals surface area contributed by atoms with Gasteiger partial charge in [-0.15, -0.1) is 0 Å². The minimum Gasteiger partial charge on any atom is -0.493 e. The zero-order chi connectivity index (χ0) is 27.7. The number of fused-ring (bicyclic) bond motifs is 1. The van der Waals surface area contributed by atoms with Crippen LogP contribution in [-0.2, 0) is 30.4 Å². The fourth-order valence-corrected chi connectivity index (χ4v) is 4.62. The van der Waals surface area contributed by atoms with Crippen molar-refractivity contribution in [3.63, 3.8) is 0 Å². The number of aliphatic carboxylic acids is 1. The Labute approximate surface area is 216 Å². The molecule has 0 saturated carbocycles. The molecule has 1 heterocycles. The van der Waals surface area contributed by atoms with Crippen LogP contribution in [0.15, 0.2) is 60.7 Å². The smallest absolute Gasteiger partial charge is 0.416 e. The van der Waals surface area contributed by atoms with E-state index < -0.39 is 35.8 Å². The molecule has 0 aliphatic carbocycles. The van der Waals surface area contributed by atoms with E-state index in [9.17, 15) is 32.3 Å². The van der Waals surface area contributed by atoms with Crippen molar-refractivity contribution in [2.75, 3.05) is 13.7 Å². The first-order valence-corrected chi connectivity index (χ1v) is 11.7. The van der Waals surface area contributed by atoms with Crippen molar-refractivity contribution in [1.29, 1.82) is 0 Å². The summed E-state index contributed by atoms with van der Waals surface area (Å²) in [7, 11) is 1.39. The maximum absolute atomic E-state index is 14.3. The van der Waals surface area contributed by atoms with Gasteiger partial charge in [-0.25, -0.2) is 4.39 Å². The van der Waals surface area contributed by atoms with E-state index in [2.05, 4.69) is 0 Å². The average Bonchev–Trinajstić information content (AvgIpc) is 3.19. The second-order valence-corrected chi connectivity index (χ2v) is 9.42. The first-order valence-electron chi connectivity index (χ1n) is 11.7. The normalized spacial score (nSPS) is 16.5. The molecule has 1 aliphatic rings. The van der Waals surface area contributed by atoms with E-state index in [0.717, 1.165) is 17.0 Å². The summed E-state index contributed by atoms with van der Waals surface area (Å²) in [6.07, 6.45) is -4.01. The Morgan fingerprint density at radius 2 is 1.84 bits per heavy atom. The summed E-state index contributed by atoms with van der Waals surface area (Å²) in [5.74, 6) is -1.76. The molecule has 6 nitrogen and oxygen atoms in total. The minimum absolute atomic E-state index is 0.0903. The zero-order valence-corrected chi connectivity index (χ0v) is 20.6. The molecule has 3 aromatic carbocycles. The van der Waals surface area contributed by atoms with Gasteiger partial charge in [-0.05, 0) is 48.4 Å². The number of carboxylic acid groups (broad SMARTS) is 1. The van der Waals surface area contributed by atoms with Crippen LogP contribution in [0.25, 0.3) is 0 Å². The molecular weight excluding hydrogens is 506 g/mol. The number of amides is 1. The lowest BCUT2D eigenvalue weighted by atomic mass is 9.91. The Balaban J connectivity index is 1.63. The van der Waals surface area contributed by atoms with Crippen molar-refractivity contribution in [1.82, 2.24) is 4.90 Å². The van der Waals surface area contributed by atoms with Gasteiger partial charge >= 0.3 is 12.1 Å². The molecular formula is C28H25F4NO5. The number of methoxy groups -OCH3 is 1. The monoisotopic (exact) mass is 531 g/mol. The SMILES string of the molecule is COc1cc(C(=O)N(CC(=O)O)Cc2cccc(C(F)(F)F)c2)cc2c1O[C@](C)(Cc1ccccc1F)C2. The van der Waals surface area contributed by atoms with Crippen LogP contribution < -0.4 is 9.47 Å². The van der Waals surface area contributed by atoms with Gasteiger partial charge in [0.2, 0.25) is 0 Å². The van der Waals surface area contributed by atoms with Gasteiger partial charge < -0.3 is 19.5 Å². The molecule has 0 bridgehead atoms. The van der Waals surface area contributed by atoms with E-state index in [-0.39, 0.29) is 35.7 Å². The van der Waals surface area contributed by atoms with Gasteiger partial charge in [0.25, 0.3) is 5.91 Å². The van der Waals surface area contributed by atoms with Gasteiger partial charge in [0.1, 0.15) is 18.0 Å². The average molecular weight is 532 g/mol. The van der Waals surface area contributed by atoms with Gasteiger partial charge in [0.05, 0.1) is 12.7 Å². The van der Waals surface area contributed by atoms with E-state index >= 15 is 0 Å². The summed E-state index contributed by atoms with van der Waals surface area (Å²) in [6, 6.07) is 13.7. The molecule has 1 N–H and O–H groups in total. The molecule has 1 atom stereocenters. The summed E-state index contributed by atoms with van der Waals surface area (Å²) in [5, 5.41) is 9.38. The maximum atomic E-state index is 14.3. The number of hydrogen-bond donors (Lipinski definition) is 1. The number of alkyl halides is 3. The maximum Gasteiger partial charge on any atom is 0.416 e. The number of benzene rings is 3. The lowest BCUT2D eigenvalue weighted by Crippen LogP contribution is -2.35. The van der Waals surface area contributed by atoms with E-state index in [0.29, 0.717) is 23.3 Å². The number of ether oxygens (including phenoxy) is 2. The molecule has 0 spiro atoms. The molecule has 0 fully saturated rings. The van der Waals surface area contributed by atoms with Crippen molar-refractivity contribution in [3.8, 4) is 11.5 Å². The Hall–Kier alpha value is -4.08. The van der Waals surface area contributed by atoms with Gasteiger partial charge in [-0.3, -0.25) is 9.59 Å². The molecule has 0 radical (unpaired) electrons. The molecule has 1 aliphatic heterocycles. The van der Waals surface area contributed by atoms with Gasteiger partial charge in [-0.2, -0.15) is 13.2 Å². The van der Waals surface area contributed by atoms with Crippen LogP contribution in [0.4, 0.5) is 17.6 Å². The number of carboxylic acids is 1. The van der Waals surface area contributed by atoms with Crippen molar-refractivity contribution >= 4 is 11.9 Å². The zero-order valence-electron chi connectivity index (χ0n) is 20.6. The highest BCUT2D eigenvalue weighted by molar-refractivity contribution is 5.97. The predicted molar refractivity (Wildman–Crippen MR) is 130 cm³/mol. The van der Waals surface area contributed by atoms with E-state index in [1.54, 1.807) is 24.3 Å². The number of rotatable bonds is 8. The molecule has 0 saturated heterocycles. The van der Waals surface area contributed by atoms with Crippen LogP contribution in [0.3, 0.4) is 0 Å². The Bertz CT molecular complexity index is 1370. The van der Waals surface area contributed by atoms with Gasteiger partial charge in [0, 0.05) is 30.5 Å². The number of carbonyl (C=O) groups excluding carboxylic acids is 1. The molecule has 200 valence electrons. The van der Waals surface area contributed by atoms with Crippen molar-refractivity contribution in [2.24, 2.45) is 0 Å². The molecule has 38 heavy (non-hydrogen) atoms. The third-order valence-electron chi connectivity index (χ3n) is 6.27. The molecule has 10 heteroatoms. The quantitative estimate of drug-likeness (QED) is 0.388. The third kappa shape index (κ3) is 5.90. The highest BCUT2D eigenvalue weighted by atomic mass is 19.4. The van der Waals surface area contributed by atoms with E-state index in [1.165, 1.54) is 31.4 Å². The Kier molecular flexibility index (Phi) is 7.35. The molecule has 0 unspecified atom stereocenters. The van der Waals surface area contributed by atoms with Crippen molar-refractivity contribution in [2.45, 2.75) is 38.1 Å². The summed E-state index contributed by atoms with van der Waals surface area (Å²) >= 11 is 0. The highest BCUT2D eigenvalue weighted by Gasteiger charge is 2.38. The van der Waals surface area contributed by atoms with Gasteiger partial charge in [-0.1, -0.05) is 30.3 Å². The third-order valence-corrected chi connectivity index (χ3v) is 6.27. The van der Waals surface area contributed by atoms with Gasteiger partial charge in [0.15, 0.2) is 11.5 Å². The largest absolute Gasteiger partial charge is 0.493 e. The summed E-state index contributed by atoms with van der Waals surface area (Å²) < 4.78 is 65.3. The van der Waals surface area contributed by atoms with E-state index in [4.69, 9.17) is 9.47 Å².